The van der Waals surface area contributed by atoms with Gasteiger partial charge in [-0.1, -0.05) is 43.3 Å². The molecule has 2 aromatic rings. The van der Waals surface area contributed by atoms with Crippen LogP contribution in [0.4, 0.5) is 5.69 Å². The molecule has 6 heteroatoms. The van der Waals surface area contributed by atoms with E-state index in [1.807, 2.05) is 19.9 Å². The van der Waals surface area contributed by atoms with E-state index >= 15 is 0 Å². The molecule has 0 fully saturated rings. The largest absolute Gasteiger partial charge is 0.348 e. The summed E-state index contributed by atoms with van der Waals surface area (Å²) in [4.78, 5) is 13.0. The van der Waals surface area contributed by atoms with Crippen molar-refractivity contribution < 1.29 is 13.2 Å². The van der Waals surface area contributed by atoms with Gasteiger partial charge in [-0.25, -0.2) is 8.42 Å². The number of anilines is 1. The van der Waals surface area contributed by atoms with Crippen molar-refractivity contribution >= 4 is 21.6 Å². The number of nitrogens with one attached hydrogen (secondary N) is 1. The normalized spacial score (nSPS) is 15.5. The summed E-state index contributed by atoms with van der Waals surface area (Å²) in [5.74, 6) is -0.287. The highest BCUT2D eigenvalue weighted by Crippen LogP contribution is 2.26. The predicted molar refractivity (Wildman–Crippen MR) is 113 cm³/mol. The Balaban J connectivity index is 1.82. The zero-order chi connectivity index (χ0) is 20.3. The lowest BCUT2D eigenvalue weighted by molar-refractivity contribution is -0.122. The van der Waals surface area contributed by atoms with Crippen LogP contribution in [0.15, 0.2) is 48.5 Å². The van der Waals surface area contributed by atoms with Crippen LogP contribution in [0.3, 0.4) is 0 Å². The third kappa shape index (κ3) is 4.38. The van der Waals surface area contributed by atoms with Crippen LogP contribution in [-0.2, 0) is 27.7 Å². The number of nitrogens with zero attached hydrogens (tertiary/aromatic N) is 1. The number of amides is 1. The van der Waals surface area contributed by atoms with Crippen molar-refractivity contribution in [3.05, 3.63) is 65.2 Å². The van der Waals surface area contributed by atoms with Gasteiger partial charge in [0.15, 0.2) is 0 Å². The van der Waals surface area contributed by atoms with Gasteiger partial charge in [-0.3, -0.25) is 9.10 Å². The highest BCUT2D eigenvalue weighted by Gasteiger charge is 2.32. The van der Waals surface area contributed by atoms with Crippen LogP contribution in [0.1, 0.15) is 49.4 Å². The van der Waals surface area contributed by atoms with E-state index in [1.165, 1.54) is 21.9 Å². The summed E-state index contributed by atoms with van der Waals surface area (Å²) in [6.07, 6.45) is 4.90. The van der Waals surface area contributed by atoms with E-state index in [4.69, 9.17) is 0 Å². The van der Waals surface area contributed by atoms with Gasteiger partial charge in [-0.2, -0.15) is 0 Å². The second-order valence-corrected chi connectivity index (χ2v) is 9.29. The van der Waals surface area contributed by atoms with Crippen LogP contribution in [0.5, 0.6) is 0 Å². The first kappa shape index (κ1) is 20.4. The molecule has 2 aromatic carbocycles. The van der Waals surface area contributed by atoms with Crippen LogP contribution in [0.25, 0.3) is 0 Å². The van der Waals surface area contributed by atoms with Crippen LogP contribution < -0.4 is 9.62 Å². The minimum absolute atomic E-state index is 0.190. The SMILES string of the molecule is CC[C@H](C(=O)N[C@@H](C)c1ccc2c(c1)CCC2)N(c1ccccc1)S(C)(=O)=O. The fraction of sp³-hybridized carbons (Fsp3) is 0.409. The van der Waals surface area contributed by atoms with E-state index in [9.17, 15) is 13.2 Å². The van der Waals surface area contributed by atoms with Gasteiger partial charge in [0.25, 0.3) is 0 Å². The Morgan fingerprint density at radius 3 is 2.43 bits per heavy atom. The first-order valence-corrected chi connectivity index (χ1v) is 11.6. The molecule has 0 bridgehead atoms. The molecule has 5 nitrogen and oxygen atoms in total. The average molecular weight is 401 g/mol. The third-order valence-corrected chi connectivity index (χ3v) is 6.50. The fourth-order valence-corrected chi connectivity index (χ4v) is 5.10. The number of sulfonamides is 1. The zero-order valence-electron chi connectivity index (χ0n) is 16.7. The summed E-state index contributed by atoms with van der Waals surface area (Å²) in [5.41, 5.74) is 4.29. The molecular weight excluding hydrogens is 372 g/mol. The molecule has 1 aliphatic carbocycles. The van der Waals surface area contributed by atoms with Crippen molar-refractivity contribution in [1.29, 1.82) is 0 Å². The average Bonchev–Trinajstić information content (AvgIpc) is 3.13. The first-order chi connectivity index (χ1) is 13.3. The molecule has 1 aliphatic rings. The maximum absolute atomic E-state index is 13.0. The van der Waals surface area contributed by atoms with E-state index in [1.54, 1.807) is 24.3 Å². The smallest absolute Gasteiger partial charge is 0.244 e. The van der Waals surface area contributed by atoms with Crippen LogP contribution in [-0.4, -0.2) is 26.6 Å². The number of para-hydroxylation sites is 1. The second kappa shape index (κ2) is 8.35. The fourth-order valence-electron chi connectivity index (χ4n) is 3.89. The molecule has 2 atom stereocenters. The van der Waals surface area contributed by atoms with Gasteiger partial charge >= 0.3 is 0 Å². The van der Waals surface area contributed by atoms with Gasteiger partial charge in [0.05, 0.1) is 18.0 Å². The summed E-state index contributed by atoms with van der Waals surface area (Å²) in [6, 6.07) is 14.2. The molecule has 0 heterocycles. The number of hydrogen-bond acceptors (Lipinski definition) is 3. The molecule has 1 N–H and O–H groups in total. The molecule has 150 valence electrons. The van der Waals surface area contributed by atoms with Gasteiger partial charge < -0.3 is 5.32 Å². The number of aryl methyl sites for hydroxylation is 2. The Morgan fingerprint density at radius 2 is 1.79 bits per heavy atom. The molecule has 0 spiro atoms. The lowest BCUT2D eigenvalue weighted by Crippen LogP contribution is -2.49. The Morgan fingerprint density at radius 1 is 1.11 bits per heavy atom. The highest BCUT2D eigenvalue weighted by atomic mass is 32.2. The molecule has 0 aromatic heterocycles. The lowest BCUT2D eigenvalue weighted by atomic mass is 10.0. The van der Waals surface area contributed by atoms with Crippen LogP contribution >= 0.6 is 0 Å². The van der Waals surface area contributed by atoms with Gasteiger partial charge in [0.1, 0.15) is 6.04 Å². The molecular formula is C22H28N2O3S. The monoisotopic (exact) mass is 400 g/mol. The lowest BCUT2D eigenvalue weighted by Gasteiger charge is -2.31. The third-order valence-electron chi connectivity index (χ3n) is 5.32. The topological polar surface area (TPSA) is 66.5 Å². The van der Waals surface area contributed by atoms with Crippen molar-refractivity contribution in [3.8, 4) is 0 Å². The minimum Gasteiger partial charge on any atom is -0.348 e. The number of carbonyl (C=O) groups is 1. The van der Waals surface area contributed by atoms with Crippen molar-refractivity contribution in [2.75, 3.05) is 10.6 Å². The Kier molecular flexibility index (Phi) is 6.08. The number of carbonyl (C=O) groups excluding carboxylic acids is 1. The summed E-state index contributed by atoms with van der Waals surface area (Å²) in [7, 11) is -3.61. The van der Waals surface area contributed by atoms with Crippen molar-refractivity contribution in [1.82, 2.24) is 5.32 Å². The highest BCUT2D eigenvalue weighted by molar-refractivity contribution is 7.92. The van der Waals surface area contributed by atoms with Crippen molar-refractivity contribution in [3.63, 3.8) is 0 Å². The predicted octanol–water partition coefficient (Wildman–Crippen LogP) is 3.60. The minimum atomic E-state index is -3.61. The van der Waals surface area contributed by atoms with E-state index in [2.05, 4.69) is 23.5 Å². The summed E-state index contributed by atoms with van der Waals surface area (Å²) in [6.45, 7) is 3.76. The molecule has 0 aliphatic heterocycles. The first-order valence-electron chi connectivity index (χ1n) is 9.77. The van der Waals surface area contributed by atoms with E-state index in [-0.39, 0.29) is 11.9 Å². The Bertz CT molecular complexity index is 942. The molecule has 0 unspecified atom stereocenters. The molecule has 0 saturated carbocycles. The second-order valence-electron chi connectivity index (χ2n) is 7.43. The maximum atomic E-state index is 13.0. The van der Waals surface area contributed by atoms with Crippen molar-refractivity contribution in [2.24, 2.45) is 0 Å². The number of hydrogen-bond donors (Lipinski definition) is 1. The summed E-state index contributed by atoms with van der Waals surface area (Å²) < 4.78 is 26.2. The zero-order valence-corrected chi connectivity index (χ0v) is 17.5. The molecule has 3 rings (SSSR count). The van der Waals surface area contributed by atoms with Crippen LogP contribution in [0.2, 0.25) is 0 Å². The molecule has 0 saturated heterocycles. The Hall–Kier alpha value is -2.34. The summed E-state index contributed by atoms with van der Waals surface area (Å²) >= 11 is 0. The van der Waals surface area contributed by atoms with Gasteiger partial charge in [0, 0.05) is 0 Å². The van der Waals surface area contributed by atoms with E-state index in [0.29, 0.717) is 12.1 Å². The van der Waals surface area contributed by atoms with Crippen LogP contribution in [0, 0.1) is 0 Å². The van der Waals surface area contributed by atoms with Gasteiger partial charge in [0.2, 0.25) is 15.9 Å². The maximum Gasteiger partial charge on any atom is 0.244 e. The van der Waals surface area contributed by atoms with E-state index in [0.717, 1.165) is 24.7 Å². The molecule has 28 heavy (non-hydrogen) atoms. The molecule has 0 radical (unpaired) electrons. The number of rotatable bonds is 7. The Labute approximate surface area is 167 Å². The quantitative estimate of drug-likeness (QED) is 0.772. The van der Waals surface area contributed by atoms with Crippen molar-refractivity contribution in [2.45, 2.75) is 51.6 Å². The van der Waals surface area contributed by atoms with Gasteiger partial charge in [-0.05, 0) is 61.4 Å². The number of fused-ring (bicyclic) bond motifs is 1. The van der Waals surface area contributed by atoms with E-state index < -0.39 is 16.1 Å². The van der Waals surface area contributed by atoms with Gasteiger partial charge in [-0.15, -0.1) is 0 Å². The molecule has 1 amide bonds. The number of benzene rings is 2. The standard InChI is InChI=1S/C22H28N2O3S/c1-4-21(24(28(3,26)27)20-11-6-5-7-12-20)22(25)23-16(2)18-14-13-17-9-8-10-19(17)15-18/h5-7,11-16,21H,4,8-10H2,1-3H3,(H,23,25)/t16-,21+/m0/s1. The summed E-state index contributed by atoms with van der Waals surface area (Å²) in [5, 5.41) is 3.02.